The molecule has 1 amide bonds. The van der Waals surface area contributed by atoms with Crippen molar-refractivity contribution in [2.24, 2.45) is 10.9 Å². The normalized spacial score (nSPS) is 18.3. The van der Waals surface area contributed by atoms with Gasteiger partial charge in [-0.2, -0.15) is 13.2 Å². The number of carbonyl (C=O) groups excluding carboxylic acids is 1. The maximum absolute atomic E-state index is 12.7. The molecular formula is C18H18Cl2F3N3O. The third kappa shape index (κ3) is 5.17. The topological polar surface area (TPSA) is 44.7 Å². The first-order chi connectivity index (χ1) is 12.8. The smallest absolute Gasteiger partial charge is 0.354 e. The van der Waals surface area contributed by atoms with Gasteiger partial charge in [-0.05, 0) is 30.5 Å². The van der Waals surface area contributed by atoms with Gasteiger partial charge in [0.15, 0.2) is 0 Å². The first-order valence-corrected chi connectivity index (χ1v) is 9.31. The van der Waals surface area contributed by atoms with Gasteiger partial charge in [0, 0.05) is 19.1 Å². The number of hydrogen-bond donors (Lipinski definition) is 1. The Morgan fingerprint density at radius 3 is 2.48 bits per heavy atom. The van der Waals surface area contributed by atoms with Gasteiger partial charge in [-0.1, -0.05) is 42.1 Å². The number of carbonyl (C=O) groups is 1. The summed E-state index contributed by atoms with van der Waals surface area (Å²) in [7, 11) is 0. The van der Waals surface area contributed by atoms with Gasteiger partial charge in [0.25, 0.3) is 5.91 Å². The van der Waals surface area contributed by atoms with E-state index >= 15 is 0 Å². The zero-order chi connectivity index (χ0) is 19.6. The van der Waals surface area contributed by atoms with Gasteiger partial charge in [0.05, 0.1) is 21.9 Å². The van der Waals surface area contributed by atoms with Crippen LogP contribution in [0.25, 0.3) is 0 Å². The van der Waals surface area contributed by atoms with Gasteiger partial charge >= 0.3 is 6.18 Å². The Kier molecular flexibility index (Phi) is 6.01. The minimum atomic E-state index is -4.45. The average Bonchev–Trinajstić information content (AvgIpc) is 3.42. The molecule has 4 nitrogen and oxygen atoms in total. The van der Waals surface area contributed by atoms with Crippen LogP contribution in [0.2, 0.25) is 10.0 Å². The Labute approximate surface area is 165 Å². The Morgan fingerprint density at radius 1 is 1.30 bits per heavy atom. The summed E-state index contributed by atoms with van der Waals surface area (Å²) < 4.78 is 38.2. The summed E-state index contributed by atoms with van der Waals surface area (Å²) in [6, 6.07) is 4.64. The number of nitrogens with zero attached hydrogens (tertiary/aromatic N) is 2. The fraction of sp³-hybridized carbons (Fsp3) is 0.444. The molecular weight excluding hydrogens is 402 g/mol. The van der Waals surface area contributed by atoms with Crippen molar-refractivity contribution in [1.29, 1.82) is 0 Å². The predicted molar refractivity (Wildman–Crippen MR) is 99.3 cm³/mol. The second-order valence-corrected chi connectivity index (χ2v) is 7.48. The van der Waals surface area contributed by atoms with E-state index in [0.29, 0.717) is 5.92 Å². The lowest BCUT2D eigenvalue weighted by Crippen LogP contribution is -2.45. The lowest BCUT2D eigenvalue weighted by Gasteiger charge is -2.31. The number of hydrogen-bond acceptors (Lipinski definition) is 3. The second kappa shape index (κ2) is 8.10. The molecule has 1 aromatic carbocycles. The fourth-order valence-electron chi connectivity index (χ4n) is 2.95. The van der Waals surface area contributed by atoms with Crippen LogP contribution in [-0.2, 0) is 0 Å². The molecule has 1 aliphatic heterocycles. The number of aliphatic imine (C=N–C) groups is 1. The number of alkyl halides is 3. The molecule has 1 aromatic rings. The van der Waals surface area contributed by atoms with Crippen LogP contribution in [-0.4, -0.2) is 42.5 Å². The molecule has 1 N–H and O–H groups in total. The molecule has 3 rings (SSSR count). The number of nitrogens with one attached hydrogen (secondary N) is 1. The predicted octanol–water partition coefficient (Wildman–Crippen LogP) is 4.68. The number of allylic oxidation sites excluding steroid dienone is 1. The summed E-state index contributed by atoms with van der Waals surface area (Å²) in [5.74, 6) is 0.115. The molecule has 0 spiro atoms. The van der Waals surface area contributed by atoms with Crippen molar-refractivity contribution in [1.82, 2.24) is 10.2 Å². The van der Waals surface area contributed by atoms with E-state index in [0.717, 1.165) is 25.3 Å². The second-order valence-electron chi connectivity index (χ2n) is 6.67. The standard InChI is InChI=1S/C18H18Cl2F3N3O/c19-13-2-1-3-14(20)16(13)17(27)24-9-12(8-11-4-5-11)26-7-6-15(25-10-26)18(21,22)23/h1-3,6,10-12H,4-5,7-9H2,(H,24,27). The van der Waals surface area contributed by atoms with Crippen LogP contribution in [0.5, 0.6) is 0 Å². The van der Waals surface area contributed by atoms with Crippen LogP contribution in [0, 0.1) is 5.92 Å². The van der Waals surface area contributed by atoms with E-state index in [9.17, 15) is 18.0 Å². The highest BCUT2D eigenvalue weighted by Crippen LogP contribution is 2.35. The van der Waals surface area contributed by atoms with Crippen LogP contribution in [0.15, 0.2) is 35.0 Å². The summed E-state index contributed by atoms with van der Waals surface area (Å²) >= 11 is 12.1. The SMILES string of the molecule is O=C(NCC(CC1CC1)N1C=NC(C(F)(F)F)=CC1)c1c(Cl)cccc1Cl. The summed E-state index contributed by atoms with van der Waals surface area (Å²) in [4.78, 5) is 17.7. The Balaban J connectivity index is 1.65. The van der Waals surface area contributed by atoms with E-state index in [1.54, 1.807) is 23.1 Å². The highest BCUT2D eigenvalue weighted by Gasteiger charge is 2.36. The van der Waals surface area contributed by atoms with Gasteiger partial charge in [0.1, 0.15) is 5.70 Å². The molecule has 27 heavy (non-hydrogen) atoms. The van der Waals surface area contributed by atoms with Crippen LogP contribution < -0.4 is 5.32 Å². The lowest BCUT2D eigenvalue weighted by atomic mass is 10.1. The molecule has 1 unspecified atom stereocenters. The minimum absolute atomic E-state index is 0.0957. The van der Waals surface area contributed by atoms with E-state index < -0.39 is 17.8 Å². The third-order valence-corrected chi connectivity index (χ3v) is 5.22. The van der Waals surface area contributed by atoms with Crippen molar-refractivity contribution >= 4 is 35.4 Å². The molecule has 9 heteroatoms. The van der Waals surface area contributed by atoms with Crippen LogP contribution >= 0.6 is 23.2 Å². The van der Waals surface area contributed by atoms with Gasteiger partial charge in [0.2, 0.25) is 0 Å². The van der Waals surface area contributed by atoms with Crippen molar-refractivity contribution in [3.63, 3.8) is 0 Å². The third-order valence-electron chi connectivity index (χ3n) is 4.59. The van der Waals surface area contributed by atoms with Crippen LogP contribution in [0.3, 0.4) is 0 Å². The molecule has 1 heterocycles. The Bertz CT molecular complexity index is 755. The maximum Gasteiger partial charge on any atom is 0.433 e. The van der Waals surface area contributed by atoms with Crippen molar-refractivity contribution < 1.29 is 18.0 Å². The number of benzene rings is 1. The number of rotatable bonds is 6. The molecule has 146 valence electrons. The highest BCUT2D eigenvalue weighted by atomic mass is 35.5. The molecule has 2 aliphatic rings. The maximum atomic E-state index is 12.7. The summed E-state index contributed by atoms with van der Waals surface area (Å²) in [6.07, 6.45) is 0.781. The van der Waals surface area contributed by atoms with Crippen molar-refractivity contribution in [3.05, 3.63) is 45.6 Å². The van der Waals surface area contributed by atoms with Crippen LogP contribution in [0.1, 0.15) is 29.6 Å². The molecule has 1 atom stereocenters. The fourth-order valence-corrected chi connectivity index (χ4v) is 3.52. The van der Waals surface area contributed by atoms with Crippen molar-refractivity contribution in [2.75, 3.05) is 13.1 Å². The van der Waals surface area contributed by atoms with Gasteiger partial charge in [-0.15, -0.1) is 0 Å². The number of halogens is 5. The molecule has 1 aliphatic carbocycles. The molecule has 0 bridgehead atoms. The Hall–Kier alpha value is -1.73. The zero-order valence-corrected chi connectivity index (χ0v) is 15.8. The largest absolute Gasteiger partial charge is 0.433 e. The lowest BCUT2D eigenvalue weighted by molar-refractivity contribution is -0.0930. The van der Waals surface area contributed by atoms with E-state index in [2.05, 4.69) is 10.3 Å². The summed E-state index contributed by atoms with van der Waals surface area (Å²) in [5, 5.41) is 3.29. The van der Waals surface area contributed by atoms with Gasteiger partial charge in [-0.25, -0.2) is 4.99 Å². The van der Waals surface area contributed by atoms with Gasteiger partial charge in [-0.3, -0.25) is 4.79 Å². The highest BCUT2D eigenvalue weighted by molar-refractivity contribution is 6.39. The quantitative estimate of drug-likeness (QED) is 0.727. The summed E-state index contributed by atoms with van der Waals surface area (Å²) in [5.41, 5.74) is -0.701. The van der Waals surface area contributed by atoms with Crippen molar-refractivity contribution in [3.8, 4) is 0 Å². The molecule has 1 fully saturated rings. The van der Waals surface area contributed by atoms with E-state index in [4.69, 9.17) is 23.2 Å². The molecule has 0 saturated heterocycles. The van der Waals surface area contributed by atoms with Gasteiger partial charge < -0.3 is 10.2 Å². The molecule has 0 aromatic heterocycles. The van der Waals surface area contributed by atoms with Crippen molar-refractivity contribution in [2.45, 2.75) is 31.5 Å². The first kappa shape index (κ1) is 20.0. The van der Waals surface area contributed by atoms with E-state index in [1.807, 2.05) is 0 Å². The molecule has 1 saturated carbocycles. The first-order valence-electron chi connectivity index (χ1n) is 8.55. The Morgan fingerprint density at radius 2 is 1.96 bits per heavy atom. The average molecular weight is 420 g/mol. The van der Waals surface area contributed by atoms with Crippen LogP contribution in [0.4, 0.5) is 13.2 Å². The van der Waals surface area contributed by atoms with E-state index in [-0.39, 0.29) is 34.7 Å². The number of amides is 1. The minimum Gasteiger partial charge on any atom is -0.354 e. The molecule has 0 radical (unpaired) electrons. The van der Waals surface area contributed by atoms with E-state index in [1.165, 1.54) is 6.34 Å². The summed E-state index contributed by atoms with van der Waals surface area (Å²) in [6.45, 7) is 0.358. The zero-order valence-electron chi connectivity index (χ0n) is 14.3. The monoisotopic (exact) mass is 419 g/mol.